The van der Waals surface area contributed by atoms with Gasteiger partial charge in [-0.2, -0.15) is 5.10 Å². The maximum absolute atomic E-state index is 12.9. The lowest BCUT2D eigenvalue weighted by molar-refractivity contribution is 0.0958. The van der Waals surface area contributed by atoms with Crippen LogP contribution in [0.3, 0.4) is 0 Å². The number of nitrogens with two attached hydrogens (primary N) is 1. The number of fused-ring (bicyclic) bond motifs is 1. The standard InChI is InChI=1S/C24H23N5O/c25-20-8-4-7-17(20)14-23(30)18-9-11-26-22(13-18)19-15-27-29-12-10-21(28-24(19)29)16-5-2-1-3-6-16/h1-3,5-6,9-13,15,17,20H,4,7-8,14,25H2/t17-,20-/m1/s1. The Labute approximate surface area is 174 Å². The lowest BCUT2D eigenvalue weighted by Gasteiger charge is -2.14. The lowest BCUT2D eigenvalue weighted by Crippen LogP contribution is -2.26. The van der Waals surface area contributed by atoms with Crippen LogP contribution in [0.2, 0.25) is 0 Å². The number of hydrogen-bond donors (Lipinski definition) is 1. The average Bonchev–Trinajstić information content (AvgIpc) is 3.40. The van der Waals surface area contributed by atoms with E-state index in [2.05, 4.69) is 10.1 Å². The van der Waals surface area contributed by atoms with Gasteiger partial charge in [0.2, 0.25) is 0 Å². The van der Waals surface area contributed by atoms with E-state index in [1.165, 1.54) is 0 Å². The molecule has 6 heteroatoms. The Balaban J connectivity index is 1.48. The molecule has 0 spiro atoms. The number of rotatable bonds is 5. The van der Waals surface area contributed by atoms with Gasteiger partial charge in [-0.25, -0.2) is 9.50 Å². The molecule has 4 aromatic rings. The van der Waals surface area contributed by atoms with Gasteiger partial charge in [-0.1, -0.05) is 36.8 Å². The van der Waals surface area contributed by atoms with Crippen molar-refractivity contribution in [2.75, 3.05) is 0 Å². The first-order chi connectivity index (χ1) is 14.7. The molecule has 1 saturated carbocycles. The summed E-state index contributed by atoms with van der Waals surface area (Å²) in [6, 6.07) is 15.7. The molecule has 0 amide bonds. The van der Waals surface area contributed by atoms with E-state index >= 15 is 0 Å². The molecule has 0 bridgehead atoms. The summed E-state index contributed by atoms with van der Waals surface area (Å²) in [7, 11) is 0. The van der Waals surface area contributed by atoms with Crippen molar-refractivity contribution in [1.82, 2.24) is 19.6 Å². The lowest BCUT2D eigenvalue weighted by atomic mass is 9.94. The first-order valence-electron chi connectivity index (χ1n) is 10.3. The Morgan fingerprint density at radius 3 is 2.77 bits per heavy atom. The minimum absolute atomic E-state index is 0.121. The molecule has 1 aliphatic carbocycles. The van der Waals surface area contributed by atoms with Crippen LogP contribution >= 0.6 is 0 Å². The van der Waals surface area contributed by atoms with E-state index < -0.39 is 0 Å². The third kappa shape index (κ3) is 3.50. The Kier molecular flexibility index (Phi) is 4.85. The zero-order valence-electron chi connectivity index (χ0n) is 16.6. The number of carbonyl (C=O) groups excluding carboxylic acids is 1. The first-order valence-corrected chi connectivity index (χ1v) is 10.3. The van der Waals surface area contributed by atoms with Crippen molar-refractivity contribution in [3.05, 3.63) is 72.7 Å². The Morgan fingerprint density at radius 2 is 1.97 bits per heavy atom. The zero-order chi connectivity index (χ0) is 20.5. The van der Waals surface area contributed by atoms with Gasteiger partial charge in [0.1, 0.15) is 0 Å². The van der Waals surface area contributed by atoms with Crippen molar-refractivity contribution in [2.24, 2.45) is 11.7 Å². The molecule has 0 aliphatic heterocycles. The van der Waals surface area contributed by atoms with E-state index in [1.807, 2.05) is 48.7 Å². The van der Waals surface area contributed by atoms with Crippen LogP contribution in [0.4, 0.5) is 0 Å². The van der Waals surface area contributed by atoms with Gasteiger partial charge in [0.05, 0.1) is 23.1 Å². The van der Waals surface area contributed by atoms with Crippen molar-refractivity contribution in [3.63, 3.8) is 0 Å². The molecule has 0 radical (unpaired) electrons. The van der Waals surface area contributed by atoms with Crippen LogP contribution in [-0.4, -0.2) is 31.4 Å². The van der Waals surface area contributed by atoms with Crippen LogP contribution in [0.15, 0.2) is 67.1 Å². The molecule has 1 aromatic carbocycles. The van der Waals surface area contributed by atoms with Gasteiger partial charge in [-0.15, -0.1) is 0 Å². The first kappa shape index (κ1) is 18.6. The number of aromatic nitrogens is 4. The minimum Gasteiger partial charge on any atom is -0.327 e. The van der Waals surface area contributed by atoms with Crippen LogP contribution < -0.4 is 5.73 Å². The monoisotopic (exact) mass is 397 g/mol. The van der Waals surface area contributed by atoms with Crippen LogP contribution in [0, 0.1) is 5.92 Å². The molecule has 3 heterocycles. The number of nitrogens with zero attached hydrogens (tertiary/aromatic N) is 4. The highest BCUT2D eigenvalue weighted by Crippen LogP contribution is 2.29. The minimum atomic E-state index is 0.121. The molecule has 30 heavy (non-hydrogen) atoms. The number of carbonyl (C=O) groups is 1. The molecule has 1 fully saturated rings. The van der Waals surface area contributed by atoms with E-state index in [0.29, 0.717) is 23.3 Å². The predicted octanol–water partition coefficient (Wildman–Crippen LogP) is 4.16. The number of hydrogen-bond acceptors (Lipinski definition) is 5. The zero-order valence-corrected chi connectivity index (χ0v) is 16.6. The number of ketones is 1. The van der Waals surface area contributed by atoms with Gasteiger partial charge in [-0.3, -0.25) is 9.78 Å². The molecule has 6 nitrogen and oxygen atoms in total. The maximum Gasteiger partial charge on any atom is 0.164 e. The molecule has 3 aromatic heterocycles. The van der Waals surface area contributed by atoms with Crippen molar-refractivity contribution in [3.8, 4) is 22.5 Å². The van der Waals surface area contributed by atoms with E-state index in [9.17, 15) is 4.79 Å². The molecular formula is C24H23N5O. The van der Waals surface area contributed by atoms with Gasteiger partial charge in [0.25, 0.3) is 0 Å². The molecular weight excluding hydrogens is 374 g/mol. The van der Waals surface area contributed by atoms with E-state index in [-0.39, 0.29) is 17.7 Å². The quantitative estimate of drug-likeness (QED) is 0.511. The fraction of sp³-hybridized carbons (Fsp3) is 0.250. The molecule has 5 rings (SSSR count). The Morgan fingerprint density at radius 1 is 1.10 bits per heavy atom. The normalized spacial score (nSPS) is 18.7. The van der Waals surface area contributed by atoms with E-state index in [1.54, 1.807) is 23.0 Å². The molecule has 0 saturated heterocycles. The second kappa shape index (κ2) is 7.80. The topological polar surface area (TPSA) is 86.2 Å². The third-order valence-electron chi connectivity index (χ3n) is 5.96. The van der Waals surface area contributed by atoms with Crippen LogP contribution in [0.1, 0.15) is 36.0 Å². The summed E-state index contributed by atoms with van der Waals surface area (Å²) >= 11 is 0. The summed E-state index contributed by atoms with van der Waals surface area (Å²) in [5, 5.41) is 4.41. The second-order valence-electron chi connectivity index (χ2n) is 7.92. The molecule has 0 unspecified atom stereocenters. The summed E-state index contributed by atoms with van der Waals surface area (Å²) in [6.07, 6.45) is 8.98. The number of pyridine rings is 1. The van der Waals surface area contributed by atoms with Gasteiger partial charge in [0, 0.05) is 36.0 Å². The summed E-state index contributed by atoms with van der Waals surface area (Å²) in [6.45, 7) is 0. The summed E-state index contributed by atoms with van der Waals surface area (Å²) in [4.78, 5) is 22.2. The smallest absolute Gasteiger partial charge is 0.164 e. The predicted molar refractivity (Wildman–Crippen MR) is 116 cm³/mol. The highest BCUT2D eigenvalue weighted by Gasteiger charge is 2.26. The SMILES string of the molecule is N[C@@H]1CCC[C@@H]1CC(=O)c1ccnc(-c2cnn3ccc(-c4ccccc4)nc23)c1. The second-order valence-corrected chi connectivity index (χ2v) is 7.92. The largest absolute Gasteiger partial charge is 0.327 e. The number of benzene rings is 1. The summed E-state index contributed by atoms with van der Waals surface area (Å²) < 4.78 is 1.73. The van der Waals surface area contributed by atoms with Crippen molar-refractivity contribution < 1.29 is 4.79 Å². The van der Waals surface area contributed by atoms with Crippen LogP contribution in [-0.2, 0) is 0 Å². The number of Topliss-reactive ketones (excluding diaryl/α,β-unsaturated/α-hetero) is 1. The fourth-order valence-electron chi connectivity index (χ4n) is 4.25. The molecule has 150 valence electrons. The van der Waals surface area contributed by atoms with Gasteiger partial charge in [0.15, 0.2) is 11.4 Å². The summed E-state index contributed by atoms with van der Waals surface area (Å²) in [5.74, 6) is 0.400. The van der Waals surface area contributed by atoms with Crippen molar-refractivity contribution in [1.29, 1.82) is 0 Å². The van der Waals surface area contributed by atoms with E-state index in [0.717, 1.165) is 36.1 Å². The van der Waals surface area contributed by atoms with Gasteiger partial charge >= 0.3 is 0 Å². The summed E-state index contributed by atoms with van der Waals surface area (Å²) in [5.41, 5.74) is 10.9. The maximum atomic E-state index is 12.9. The molecule has 1 aliphatic rings. The highest BCUT2D eigenvalue weighted by atomic mass is 16.1. The van der Waals surface area contributed by atoms with Crippen LogP contribution in [0.5, 0.6) is 0 Å². The Bertz CT molecular complexity index is 1200. The van der Waals surface area contributed by atoms with E-state index in [4.69, 9.17) is 10.7 Å². The van der Waals surface area contributed by atoms with Crippen molar-refractivity contribution >= 4 is 11.4 Å². The third-order valence-corrected chi connectivity index (χ3v) is 5.96. The van der Waals surface area contributed by atoms with Gasteiger partial charge < -0.3 is 5.73 Å². The Hall–Kier alpha value is -3.38. The molecule has 2 atom stereocenters. The highest BCUT2D eigenvalue weighted by molar-refractivity contribution is 5.97. The van der Waals surface area contributed by atoms with Crippen LogP contribution in [0.25, 0.3) is 28.2 Å². The van der Waals surface area contributed by atoms with Gasteiger partial charge in [-0.05, 0) is 37.0 Å². The fourth-order valence-corrected chi connectivity index (χ4v) is 4.25. The average molecular weight is 397 g/mol. The van der Waals surface area contributed by atoms with Crippen molar-refractivity contribution in [2.45, 2.75) is 31.7 Å². The molecule has 2 N–H and O–H groups in total.